The van der Waals surface area contributed by atoms with Crippen molar-refractivity contribution in [1.82, 2.24) is 5.32 Å². The van der Waals surface area contributed by atoms with Gasteiger partial charge in [-0.25, -0.2) is 0 Å². The Morgan fingerprint density at radius 1 is 1.58 bits per heavy atom. The van der Waals surface area contributed by atoms with E-state index in [-0.39, 0.29) is 10.6 Å². The zero-order valence-electron chi connectivity index (χ0n) is 10.9. The minimum atomic E-state index is -0.355. The van der Waals surface area contributed by atoms with Crippen LogP contribution in [-0.4, -0.2) is 24.1 Å². The van der Waals surface area contributed by atoms with Crippen molar-refractivity contribution in [1.29, 1.82) is 0 Å². The van der Waals surface area contributed by atoms with E-state index in [0.29, 0.717) is 11.6 Å². The van der Waals surface area contributed by atoms with Crippen LogP contribution in [0.4, 0.5) is 11.4 Å². The Labute approximate surface area is 121 Å². The Bertz CT molecular complexity index is 473. The first-order chi connectivity index (χ1) is 9.08. The van der Waals surface area contributed by atoms with E-state index >= 15 is 0 Å². The van der Waals surface area contributed by atoms with E-state index in [4.69, 9.17) is 0 Å². The lowest BCUT2D eigenvalue weighted by Gasteiger charge is -2.13. The zero-order valence-corrected chi connectivity index (χ0v) is 12.5. The molecule has 0 saturated carbocycles. The molecule has 1 aromatic rings. The van der Waals surface area contributed by atoms with E-state index in [1.807, 2.05) is 6.07 Å². The molecule has 0 bridgehead atoms. The second-order valence-electron chi connectivity index (χ2n) is 4.88. The summed E-state index contributed by atoms with van der Waals surface area (Å²) in [7, 11) is 0. The molecule has 1 fully saturated rings. The van der Waals surface area contributed by atoms with Crippen molar-refractivity contribution in [2.24, 2.45) is 0 Å². The zero-order chi connectivity index (χ0) is 13.8. The van der Waals surface area contributed by atoms with E-state index < -0.39 is 0 Å². The molecule has 1 saturated heterocycles. The van der Waals surface area contributed by atoms with Crippen LogP contribution < -0.4 is 10.6 Å². The van der Waals surface area contributed by atoms with Gasteiger partial charge in [0.2, 0.25) is 0 Å². The van der Waals surface area contributed by atoms with Crippen LogP contribution in [0.2, 0.25) is 0 Å². The molecule has 104 valence electrons. The molecule has 5 nitrogen and oxygen atoms in total. The van der Waals surface area contributed by atoms with E-state index in [0.717, 1.165) is 29.7 Å². The van der Waals surface area contributed by atoms with Crippen LogP contribution in [0.5, 0.6) is 0 Å². The van der Waals surface area contributed by atoms with Crippen LogP contribution in [0.15, 0.2) is 16.6 Å². The highest BCUT2D eigenvalue weighted by atomic mass is 79.9. The molecule has 2 N–H and O–H groups in total. The number of benzene rings is 1. The largest absolute Gasteiger partial charge is 0.384 e. The molecule has 0 aliphatic carbocycles. The number of anilines is 1. The first-order valence-electron chi connectivity index (χ1n) is 6.49. The fraction of sp³-hybridized carbons (Fsp3) is 0.538. The van der Waals surface area contributed by atoms with Gasteiger partial charge in [-0.3, -0.25) is 10.1 Å². The summed E-state index contributed by atoms with van der Waals surface area (Å²) in [5.41, 5.74) is 1.74. The molecule has 0 aromatic heterocycles. The molecule has 1 heterocycles. The first kappa shape index (κ1) is 14.3. The normalized spacial score (nSPS) is 18.5. The minimum Gasteiger partial charge on any atom is -0.384 e. The number of nitrogens with one attached hydrogen (secondary N) is 2. The Kier molecular flexibility index (Phi) is 4.76. The Morgan fingerprint density at radius 2 is 2.37 bits per heavy atom. The number of rotatable bonds is 5. The van der Waals surface area contributed by atoms with Crippen molar-refractivity contribution in [2.45, 2.75) is 32.2 Å². The molecule has 1 atom stereocenters. The Hall–Kier alpha value is -1.14. The van der Waals surface area contributed by atoms with Gasteiger partial charge in [0.1, 0.15) is 0 Å². The third-order valence-corrected chi connectivity index (χ3v) is 4.11. The van der Waals surface area contributed by atoms with Crippen LogP contribution >= 0.6 is 15.9 Å². The average Bonchev–Trinajstić information content (AvgIpc) is 2.85. The van der Waals surface area contributed by atoms with Crippen molar-refractivity contribution < 1.29 is 4.92 Å². The highest BCUT2D eigenvalue weighted by Crippen LogP contribution is 2.30. The van der Waals surface area contributed by atoms with Gasteiger partial charge in [0.05, 0.1) is 4.92 Å². The predicted molar refractivity (Wildman–Crippen MR) is 79.7 cm³/mol. The summed E-state index contributed by atoms with van der Waals surface area (Å²) in [5, 5.41) is 17.6. The van der Waals surface area contributed by atoms with Crippen LogP contribution in [0.3, 0.4) is 0 Å². The molecular formula is C13H18BrN3O2. The molecule has 0 radical (unpaired) electrons. The Morgan fingerprint density at radius 3 is 3.00 bits per heavy atom. The molecule has 2 rings (SSSR count). The van der Waals surface area contributed by atoms with Gasteiger partial charge in [0.15, 0.2) is 0 Å². The van der Waals surface area contributed by atoms with Crippen molar-refractivity contribution in [3.05, 3.63) is 32.3 Å². The SMILES string of the molecule is Cc1cc(NCCC2CCCN2)c(Br)cc1[N+](=O)[O-]. The number of hydrogen-bond acceptors (Lipinski definition) is 4. The molecule has 1 unspecified atom stereocenters. The molecule has 0 spiro atoms. The minimum absolute atomic E-state index is 0.148. The summed E-state index contributed by atoms with van der Waals surface area (Å²) in [6.45, 7) is 3.74. The lowest BCUT2D eigenvalue weighted by molar-refractivity contribution is -0.385. The monoisotopic (exact) mass is 327 g/mol. The van der Waals surface area contributed by atoms with Crippen molar-refractivity contribution in [2.75, 3.05) is 18.4 Å². The maximum Gasteiger partial charge on any atom is 0.273 e. The van der Waals surface area contributed by atoms with Gasteiger partial charge < -0.3 is 10.6 Å². The summed E-state index contributed by atoms with van der Waals surface area (Å²) in [6, 6.07) is 3.99. The quantitative estimate of drug-likeness (QED) is 0.643. The van der Waals surface area contributed by atoms with Gasteiger partial charge in [-0.1, -0.05) is 0 Å². The predicted octanol–water partition coefficient (Wildman–Crippen LogP) is 3.22. The number of hydrogen-bond donors (Lipinski definition) is 2. The molecule has 1 aromatic carbocycles. The van der Waals surface area contributed by atoms with E-state index in [9.17, 15) is 10.1 Å². The van der Waals surface area contributed by atoms with Crippen LogP contribution in [0, 0.1) is 17.0 Å². The summed E-state index contributed by atoms with van der Waals surface area (Å²) < 4.78 is 0.740. The smallest absolute Gasteiger partial charge is 0.273 e. The lowest BCUT2D eigenvalue weighted by atomic mass is 10.1. The number of halogens is 1. The summed E-state index contributed by atoms with van der Waals surface area (Å²) in [5.74, 6) is 0. The van der Waals surface area contributed by atoms with Crippen molar-refractivity contribution >= 4 is 27.3 Å². The second-order valence-corrected chi connectivity index (χ2v) is 5.74. The number of nitro groups is 1. The topological polar surface area (TPSA) is 67.2 Å². The first-order valence-corrected chi connectivity index (χ1v) is 7.29. The van der Waals surface area contributed by atoms with Crippen LogP contribution in [-0.2, 0) is 0 Å². The van der Waals surface area contributed by atoms with E-state index in [2.05, 4.69) is 26.6 Å². The molecule has 1 aliphatic heterocycles. The molecule has 1 aliphatic rings. The third-order valence-electron chi connectivity index (χ3n) is 3.45. The van der Waals surface area contributed by atoms with Crippen molar-refractivity contribution in [3.8, 4) is 0 Å². The molecule has 6 heteroatoms. The van der Waals surface area contributed by atoms with Crippen LogP contribution in [0.25, 0.3) is 0 Å². The standard InChI is InChI=1S/C13H18BrN3O2/c1-9-7-12(11(14)8-13(9)17(18)19)16-6-4-10-3-2-5-15-10/h7-8,10,15-16H,2-6H2,1H3. The lowest BCUT2D eigenvalue weighted by Crippen LogP contribution is -2.24. The van der Waals surface area contributed by atoms with Crippen LogP contribution in [0.1, 0.15) is 24.8 Å². The number of nitro benzene ring substituents is 1. The highest BCUT2D eigenvalue weighted by Gasteiger charge is 2.15. The van der Waals surface area contributed by atoms with Gasteiger partial charge in [0, 0.05) is 34.4 Å². The number of aryl methyl sites for hydroxylation is 1. The number of nitrogens with zero attached hydrogens (tertiary/aromatic N) is 1. The van der Waals surface area contributed by atoms with Gasteiger partial charge >= 0.3 is 0 Å². The molecular weight excluding hydrogens is 310 g/mol. The fourth-order valence-electron chi connectivity index (χ4n) is 2.39. The van der Waals surface area contributed by atoms with Crippen molar-refractivity contribution in [3.63, 3.8) is 0 Å². The Balaban J connectivity index is 1.96. The molecule has 0 amide bonds. The maximum atomic E-state index is 10.8. The highest BCUT2D eigenvalue weighted by molar-refractivity contribution is 9.10. The van der Waals surface area contributed by atoms with Gasteiger partial charge in [-0.05, 0) is 54.7 Å². The second kappa shape index (κ2) is 6.34. The van der Waals surface area contributed by atoms with Gasteiger partial charge in [-0.2, -0.15) is 0 Å². The maximum absolute atomic E-state index is 10.8. The van der Waals surface area contributed by atoms with E-state index in [1.165, 1.54) is 12.8 Å². The average molecular weight is 328 g/mol. The summed E-state index contributed by atoms with van der Waals surface area (Å²) >= 11 is 3.38. The van der Waals surface area contributed by atoms with Gasteiger partial charge in [0.25, 0.3) is 5.69 Å². The summed E-state index contributed by atoms with van der Waals surface area (Å²) in [4.78, 5) is 10.5. The van der Waals surface area contributed by atoms with Gasteiger partial charge in [-0.15, -0.1) is 0 Å². The fourth-order valence-corrected chi connectivity index (χ4v) is 2.86. The molecule has 19 heavy (non-hydrogen) atoms. The van der Waals surface area contributed by atoms with E-state index in [1.54, 1.807) is 13.0 Å². The third kappa shape index (κ3) is 3.67. The summed E-state index contributed by atoms with van der Waals surface area (Å²) in [6.07, 6.45) is 3.57.